The highest BCUT2D eigenvalue weighted by Crippen LogP contribution is 2.23. The number of carbonyl (C=O) groups excluding carboxylic acids is 1. The molecule has 1 unspecified atom stereocenters. The zero-order valence-corrected chi connectivity index (χ0v) is 13.5. The number of hydrogen-bond donors (Lipinski definition) is 1. The van der Waals surface area contributed by atoms with Crippen LogP contribution in [0.3, 0.4) is 0 Å². The van der Waals surface area contributed by atoms with E-state index in [4.69, 9.17) is 4.42 Å². The summed E-state index contributed by atoms with van der Waals surface area (Å²) in [5.41, 5.74) is 1.75. The molecule has 0 fully saturated rings. The number of hydrogen-bond acceptors (Lipinski definition) is 5. The molecule has 3 rings (SSSR count). The summed E-state index contributed by atoms with van der Waals surface area (Å²) in [5.74, 6) is -0.559. The van der Waals surface area contributed by atoms with Gasteiger partial charge in [0.15, 0.2) is 5.58 Å². The van der Waals surface area contributed by atoms with E-state index in [-0.39, 0.29) is 11.2 Å². The minimum Gasteiger partial charge on any atom is -0.408 e. The highest BCUT2D eigenvalue weighted by molar-refractivity contribution is 8.00. The van der Waals surface area contributed by atoms with E-state index in [9.17, 15) is 9.59 Å². The fraction of sp³-hybridized carbons (Fsp3) is 0.188. The Morgan fingerprint density at radius 3 is 2.91 bits per heavy atom. The zero-order valence-electron chi connectivity index (χ0n) is 12.6. The normalized spacial score (nSPS) is 12.3. The first kappa shape index (κ1) is 15.4. The van der Waals surface area contributed by atoms with E-state index in [2.05, 4.69) is 10.3 Å². The molecule has 1 N–H and O–H groups in total. The van der Waals surface area contributed by atoms with Gasteiger partial charge in [-0.3, -0.25) is 9.36 Å². The highest BCUT2D eigenvalue weighted by Gasteiger charge is 2.16. The number of aromatic nitrogens is 2. The van der Waals surface area contributed by atoms with E-state index >= 15 is 0 Å². The summed E-state index contributed by atoms with van der Waals surface area (Å²) in [6.45, 7) is 1.82. The van der Waals surface area contributed by atoms with Crippen molar-refractivity contribution in [3.05, 3.63) is 53.1 Å². The number of pyridine rings is 1. The predicted octanol–water partition coefficient (Wildman–Crippen LogP) is 2.65. The van der Waals surface area contributed by atoms with Gasteiger partial charge in [-0.25, -0.2) is 9.78 Å². The van der Waals surface area contributed by atoms with E-state index in [0.717, 1.165) is 5.03 Å². The molecule has 0 saturated carbocycles. The van der Waals surface area contributed by atoms with Gasteiger partial charge < -0.3 is 9.73 Å². The van der Waals surface area contributed by atoms with Crippen LogP contribution in [-0.4, -0.2) is 20.7 Å². The van der Waals surface area contributed by atoms with Gasteiger partial charge in [0.1, 0.15) is 0 Å². The lowest BCUT2D eigenvalue weighted by atomic mass is 10.2. The van der Waals surface area contributed by atoms with Gasteiger partial charge >= 0.3 is 5.76 Å². The van der Waals surface area contributed by atoms with Gasteiger partial charge in [0, 0.05) is 18.9 Å². The topological polar surface area (TPSA) is 77.1 Å². The predicted molar refractivity (Wildman–Crippen MR) is 89.6 cm³/mol. The molecule has 6 nitrogen and oxygen atoms in total. The molecule has 0 spiro atoms. The second-order valence-corrected chi connectivity index (χ2v) is 6.39. The first-order valence-electron chi connectivity index (χ1n) is 7.03. The fourth-order valence-electron chi connectivity index (χ4n) is 2.10. The smallest absolute Gasteiger partial charge is 0.408 e. The molecular weight excluding hydrogens is 314 g/mol. The Bertz CT molecular complexity index is 902. The minimum atomic E-state index is -0.428. The number of anilines is 1. The van der Waals surface area contributed by atoms with Crippen molar-refractivity contribution >= 4 is 34.5 Å². The Hall–Kier alpha value is -2.54. The molecule has 1 aromatic carbocycles. The average molecular weight is 329 g/mol. The van der Waals surface area contributed by atoms with Gasteiger partial charge in [-0.15, -0.1) is 0 Å². The molecular formula is C16H15N3O3S. The first-order chi connectivity index (χ1) is 11.0. The van der Waals surface area contributed by atoms with Crippen molar-refractivity contribution < 1.29 is 9.21 Å². The van der Waals surface area contributed by atoms with Gasteiger partial charge in [0.2, 0.25) is 5.91 Å². The standard InChI is InChI=1S/C16H15N3O3S/c1-10(23-14-5-3-4-8-17-14)15(20)18-11-6-7-13-12(9-11)19(2)16(21)22-13/h3-10H,1-2H3,(H,18,20). The number of thioether (sulfide) groups is 1. The second kappa shape index (κ2) is 6.29. The number of oxazole rings is 1. The van der Waals surface area contributed by atoms with Gasteiger partial charge in [-0.1, -0.05) is 17.8 Å². The van der Waals surface area contributed by atoms with Crippen LogP contribution in [0.1, 0.15) is 6.92 Å². The third-order valence-electron chi connectivity index (χ3n) is 3.36. The maximum absolute atomic E-state index is 12.3. The number of carbonyl (C=O) groups is 1. The summed E-state index contributed by atoms with van der Waals surface area (Å²) >= 11 is 1.38. The zero-order chi connectivity index (χ0) is 16.4. The molecule has 3 aromatic rings. The van der Waals surface area contributed by atoms with Crippen molar-refractivity contribution in [3.63, 3.8) is 0 Å². The van der Waals surface area contributed by atoms with Crippen LogP contribution in [0.25, 0.3) is 11.1 Å². The molecule has 0 aliphatic heterocycles. The van der Waals surface area contributed by atoms with E-state index < -0.39 is 5.76 Å². The molecule has 1 atom stereocenters. The fourth-order valence-corrected chi connectivity index (χ4v) is 2.91. The summed E-state index contributed by atoms with van der Waals surface area (Å²) in [7, 11) is 1.62. The second-order valence-electron chi connectivity index (χ2n) is 5.03. The number of fused-ring (bicyclic) bond motifs is 1. The van der Waals surface area contributed by atoms with E-state index in [1.54, 1.807) is 31.4 Å². The Morgan fingerprint density at radius 2 is 2.17 bits per heavy atom. The molecule has 2 heterocycles. The number of benzene rings is 1. The van der Waals surface area contributed by atoms with E-state index in [1.807, 2.05) is 25.1 Å². The minimum absolute atomic E-state index is 0.131. The van der Waals surface area contributed by atoms with Crippen LogP contribution < -0.4 is 11.1 Å². The van der Waals surface area contributed by atoms with Crippen molar-refractivity contribution in [3.8, 4) is 0 Å². The third kappa shape index (κ3) is 3.29. The lowest BCUT2D eigenvalue weighted by Gasteiger charge is -2.11. The van der Waals surface area contributed by atoms with Crippen LogP contribution in [-0.2, 0) is 11.8 Å². The third-order valence-corrected chi connectivity index (χ3v) is 4.41. The van der Waals surface area contributed by atoms with Crippen molar-refractivity contribution in [2.75, 3.05) is 5.32 Å². The Morgan fingerprint density at radius 1 is 1.35 bits per heavy atom. The lowest BCUT2D eigenvalue weighted by molar-refractivity contribution is -0.115. The number of nitrogens with zero attached hydrogens (tertiary/aromatic N) is 2. The molecule has 118 valence electrons. The molecule has 1 amide bonds. The molecule has 0 radical (unpaired) electrons. The van der Waals surface area contributed by atoms with E-state index in [1.165, 1.54) is 16.3 Å². The Kier molecular flexibility index (Phi) is 4.20. The Balaban J connectivity index is 1.74. The number of aryl methyl sites for hydroxylation is 1. The van der Waals surface area contributed by atoms with Gasteiger partial charge in [0.25, 0.3) is 0 Å². The van der Waals surface area contributed by atoms with Crippen LogP contribution in [0.5, 0.6) is 0 Å². The van der Waals surface area contributed by atoms with Gasteiger partial charge in [-0.05, 0) is 37.3 Å². The lowest BCUT2D eigenvalue weighted by Crippen LogP contribution is -2.22. The van der Waals surface area contributed by atoms with Crippen molar-refractivity contribution in [1.82, 2.24) is 9.55 Å². The van der Waals surface area contributed by atoms with Gasteiger partial charge in [0.05, 0.1) is 15.8 Å². The maximum atomic E-state index is 12.3. The van der Waals surface area contributed by atoms with Gasteiger partial charge in [-0.2, -0.15) is 0 Å². The van der Waals surface area contributed by atoms with Crippen LogP contribution in [0, 0.1) is 0 Å². The molecule has 0 bridgehead atoms. The summed E-state index contributed by atoms with van der Waals surface area (Å²) in [6.07, 6.45) is 1.69. The summed E-state index contributed by atoms with van der Waals surface area (Å²) in [5, 5.41) is 3.34. The molecule has 0 aliphatic rings. The summed E-state index contributed by atoms with van der Waals surface area (Å²) < 4.78 is 6.47. The molecule has 7 heteroatoms. The number of amides is 1. The summed E-state index contributed by atoms with van der Waals surface area (Å²) in [6, 6.07) is 10.7. The molecule has 23 heavy (non-hydrogen) atoms. The number of rotatable bonds is 4. The van der Waals surface area contributed by atoms with Crippen molar-refractivity contribution in [2.45, 2.75) is 17.2 Å². The largest absolute Gasteiger partial charge is 0.419 e. The van der Waals surface area contributed by atoms with E-state index in [0.29, 0.717) is 16.8 Å². The highest BCUT2D eigenvalue weighted by atomic mass is 32.2. The molecule has 0 saturated heterocycles. The van der Waals surface area contributed by atoms with Crippen LogP contribution in [0.2, 0.25) is 0 Å². The van der Waals surface area contributed by atoms with Crippen LogP contribution in [0.4, 0.5) is 5.69 Å². The SMILES string of the molecule is CC(Sc1ccccn1)C(=O)Nc1ccc2oc(=O)n(C)c2c1. The quantitative estimate of drug-likeness (QED) is 0.745. The first-order valence-corrected chi connectivity index (χ1v) is 7.90. The monoisotopic (exact) mass is 329 g/mol. The number of nitrogens with one attached hydrogen (secondary N) is 1. The maximum Gasteiger partial charge on any atom is 0.419 e. The Labute approximate surface area is 136 Å². The van der Waals surface area contributed by atoms with Crippen LogP contribution in [0.15, 0.2) is 56.8 Å². The van der Waals surface area contributed by atoms with Crippen molar-refractivity contribution in [2.24, 2.45) is 7.05 Å². The molecule has 2 aromatic heterocycles. The average Bonchev–Trinajstić information content (AvgIpc) is 2.83. The summed E-state index contributed by atoms with van der Waals surface area (Å²) in [4.78, 5) is 28.0. The van der Waals surface area contributed by atoms with Crippen molar-refractivity contribution in [1.29, 1.82) is 0 Å². The van der Waals surface area contributed by atoms with Crippen LogP contribution >= 0.6 is 11.8 Å². The molecule has 0 aliphatic carbocycles.